The van der Waals surface area contributed by atoms with Gasteiger partial charge in [0.25, 0.3) is 11.8 Å². The molecule has 0 bridgehead atoms. The molecular weight excluding hydrogens is 463 g/mol. The minimum Gasteiger partial charge on any atom is -0.444 e. The summed E-state index contributed by atoms with van der Waals surface area (Å²) < 4.78 is 19.4. The molecule has 8 nitrogen and oxygen atoms in total. The van der Waals surface area contributed by atoms with Gasteiger partial charge in [0.1, 0.15) is 5.82 Å². The number of carbonyl (C=O) groups excluding carboxylic acids is 3. The van der Waals surface area contributed by atoms with Gasteiger partial charge in [0.2, 0.25) is 0 Å². The van der Waals surface area contributed by atoms with Crippen LogP contribution in [0.2, 0.25) is 0 Å². The number of aryl methyl sites for hydroxylation is 1. The number of fused-ring (bicyclic) bond motifs is 1. The van der Waals surface area contributed by atoms with Crippen LogP contribution in [-0.4, -0.2) is 60.6 Å². The number of carbonyl (C=O) groups is 3. The molecule has 2 N–H and O–H groups in total. The fourth-order valence-corrected chi connectivity index (χ4v) is 4.25. The van der Waals surface area contributed by atoms with Gasteiger partial charge >= 0.3 is 5.97 Å². The Morgan fingerprint density at radius 2 is 1.92 bits per heavy atom. The first-order valence-electron chi connectivity index (χ1n) is 12.3. The predicted octanol–water partition coefficient (Wildman–Crippen LogP) is 3.89. The third-order valence-electron chi connectivity index (χ3n) is 6.42. The zero-order valence-corrected chi connectivity index (χ0v) is 21.8. The molecule has 1 aromatic carbocycles. The molecule has 0 fully saturated rings. The van der Waals surface area contributed by atoms with E-state index in [-0.39, 0.29) is 24.1 Å². The van der Waals surface area contributed by atoms with E-state index in [1.54, 1.807) is 26.8 Å². The lowest BCUT2D eigenvalue weighted by molar-refractivity contribution is -0.147. The lowest BCUT2D eigenvalue weighted by Gasteiger charge is -2.18. The summed E-state index contributed by atoms with van der Waals surface area (Å²) in [6.45, 7) is 14.0. The van der Waals surface area contributed by atoms with Gasteiger partial charge in [-0.2, -0.15) is 0 Å². The number of hydrogen-bond donors (Lipinski definition) is 2. The molecule has 2 amide bonds. The van der Waals surface area contributed by atoms with E-state index in [9.17, 15) is 18.8 Å². The summed E-state index contributed by atoms with van der Waals surface area (Å²) in [5.74, 6) is -1.86. The Morgan fingerprint density at radius 1 is 1.22 bits per heavy atom. The minimum absolute atomic E-state index is 0.190. The molecule has 194 valence electrons. The van der Waals surface area contributed by atoms with Crippen molar-refractivity contribution in [2.45, 2.75) is 41.5 Å². The van der Waals surface area contributed by atoms with Crippen LogP contribution in [0.15, 0.2) is 18.2 Å². The SMILES string of the molecule is CCN(CC)CCNC(=O)c1c(C)[nH]c(/C=C2\C(=O)N(COC(=O)C(C)C)c3ccc(F)cc32)c1C. The first-order chi connectivity index (χ1) is 17.1. The summed E-state index contributed by atoms with van der Waals surface area (Å²) in [7, 11) is 0. The normalized spacial score (nSPS) is 14.2. The molecular formula is C27H35FN4O4. The van der Waals surface area contributed by atoms with Gasteiger partial charge in [0.15, 0.2) is 6.73 Å². The lowest BCUT2D eigenvalue weighted by Crippen LogP contribution is -2.35. The number of benzene rings is 1. The van der Waals surface area contributed by atoms with Gasteiger partial charge in [-0.25, -0.2) is 4.39 Å². The van der Waals surface area contributed by atoms with Crippen LogP contribution in [0.1, 0.15) is 60.6 Å². The number of nitrogens with zero attached hydrogens (tertiary/aromatic N) is 2. The topological polar surface area (TPSA) is 94.7 Å². The number of likely N-dealkylation sites (N-methyl/N-ethyl adjacent to an activating group) is 1. The maximum atomic E-state index is 14.1. The zero-order valence-electron chi connectivity index (χ0n) is 21.8. The molecule has 1 aromatic heterocycles. The van der Waals surface area contributed by atoms with E-state index in [2.05, 4.69) is 29.0 Å². The number of halogens is 1. The average molecular weight is 499 g/mol. The van der Waals surface area contributed by atoms with E-state index in [0.29, 0.717) is 40.3 Å². The Balaban J connectivity index is 1.88. The van der Waals surface area contributed by atoms with Gasteiger partial charge in [-0.05, 0) is 56.8 Å². The highest BCUT2D eigenvalue weighted by Gasteiger charge is 2.34. The molecule has 3 rings (SSSR count). The smallest absolute Gasteiger partial charge is 0.310 e. The van der Waals surface area contributed by atoms with Crippen LogP contribution in [0.4, 0.5) is 10.1 Å². The number of rotatable bonds is 10. The highest BCUT2D eigenvalue weighted by Crippen LogP contribution is 2.38. The standard InChI is InChI=1S/C27H35FN4O4/c1-7-31(8-2)12-11-29-25(33)24-17(5)22(30-18(24)6)14-21-20-13-19(28)9-10-23(20)32(26(21)34)15-36-27(35)16(3)4/h9-10,13-14,16,30H,7-8,11-12,15H2,1-6H3,(H,29,33)/b21-14-. The number of aromatic amines is 1. The van der Waals surface area contributed by atoms with Crippen LogP contribution < -0.4 is 10.2 Å². The number of anilines is 1. The van der Waals surface area contributed by atoms with Crippen LogP contribution in [0.5, 0.6) is 0 Å². The number of nitrogens with one attached hydrogen (secondary N) is 2. The summed E-state index contributed by atoms with van der Waals surface area (Å²) >= 11 is 0. The van der Waals surface area contributed by atoms with Crippen LogP contribution >= 0.6 is 0 Å². The number of amides is 2. The second-order valence-corrected chi connectivity index (χ2v) is 9.15. The molecule has 0 aliphatic carbocycles. The number of ether oxygens (including phenoxy) is 1. The van der Waals surface area contributed by atoms with Gasteiger partial charge in [0.05, 0.1) is 22.7 Å². The minimum atomic E-state index is -0.485. The van der Waals surface area contributed by atoms with Crippen molar-refractivity contribution < 1.29 is 23.5 Å². The monoisotopic (exact) mass is 498 g/mol. The van der Waals surface area contributed by atoms with Crippen LogP contribution in [-0.2, 0) is 14.3 Å². The number of H-pyrrole nitrogens is 1. The van der Waals surface area contributed by atoms with Crippen molar-refractivity contribution in [2.75, 3.05) is 37.8 Å². The van der Waals surface area contributed by atoms with Gasteiger partial charge in [-0.3, -0.25) is 19.3 Å². The van der Waals surface area contributed by atoms with E-state index in [1.165, 1.54) is 23.1 Å². The van der Waals surface area contributed by atoms with Crippen molar-refractivity contribution in [3.05, 3.63) is 52.1 Å². The molecule has 2 heterocycles. The van der Waals surface area contributed by atoms with Crippen LogP contribution in [0.25, 0.3) is 11.6 Å². The van der Waals surface area contributed by atoms with Crippen LogP contribution in [0, 0.1) is 25.6 Å². The Bertz CT molecular complexity index is 1180. The van der Waals surface area contributed by atoms with E-state index in [4.69, 9.17) is 4.74 Å². The summed E-state index contributed by atoms with van der Waals surface area (Å²) in [6.07, 6.45) is 1.62. The molecule has 36 heavy (non-hydrogen) atoms. The summed E-state index contributed by atoms with van der Waals surface area (Å²) in [5.41, 5.74) is 3.58. The van der Waals surface area contributed by atoms with Crippen molar-refractivity contribution in [1.82, 2.24) is 15.2 Å². The van der Waals surface area contributed by atoms with E-state index in [1.807, 2.05) is 6.92 Å². The molecule has 1 aliphatic heterocycles. The molecule has 2 aromatic rings. The van der Waals surface area contributed by atoms with Crippen molar-refractivity contribution in [3.8, 4) is 0 Å². The van der Waals surface area contributed by atoms with Crippen molar-refractivity contribution in [2.24, 2.45) is 5.92 Å². The quantitative estimate of drug-likeness (QED) is 0.383. The highest BCUT2D eigenvalue weighted by atomic mass is 19.1. The zero-order chi connectivity index (χ0) is 26.6. The highest BCUT2D eigenvalue weighted by molar-refractivity contribution is 6.35. The van der Waals surface area contributed by atoms with Crippen molar-refractivity contribution in [1.29, 1.82) is 0 Å². The summed E-state index contributed by atoms with van der Waals surface area (Å²) in [6, 6.07) is 4.04. The third-order valence-corrected chi connectivity index (χ3v) is 6.42. The number of aromatic nitrogens is 1. The first kappa shape index (κ1) is 27.1. The molecule has 0 saturated heterocycles. The molecule has 0 saturated carbocycles. The van der Waals surface area contributed by atoms with E-state index in [0.717, 1.165) is 19.6 Å². The van der Waals surface area contributed by atoms with E-state index < -0.39 is 17.7 Å². The average Bonchev–Trinajstić information content (AvgIpc) is 3.26. The van der Waals surface area contributed by atoms with E-state index >= 15 is 0 Å². The van der Waals surface area contributed by atoms with Crippen LogP contribution in [0.3, 0.4) is 0 Å². The second kappa shape index (κ2) is 11.5. The Kier molecular flexibility index (Phi) is 8.68. The fourth-order valence-electron chi connectivity index (χ4n) is 4.25. The molecule has 0 unspecified atom stereocenters. The molecule has 1 aliphatic rings. The molecule has 0 radical (unpaired) electrons. The predicted molar refractivity (Wildman–Crippen MR) is 138 cm³/mol. The van der Waals surface area contributed by atoms with Gasteiger partial charge < -0.3 is 19.9 Å². The Hall–Kier alpha value is -3.46. The maximum absolute atomic E-state index is 14.1. The number of hydrogen-bond acceptors (Lipinski definition) is 5. The largest absolute Gasteiger partial charge is 0.444 e. The van der Waals surface area contributed by atoms with Gasteiger partial charge in [-0.15, -0.1) is 0 Å². The number of esters is 1. The lowest BCUT2D eigenvalue weighted by atomic mass is 10.0. The molecule has 9 heteroatoms. The second-order valence-electron chi connectivity index (χ2n) is 9.15. The van der Waals surface area contributed by atoms with Gasteiger partial charge in [-0.1, -0.05) is 27.7 Å². The Labute approximate surface area is 211 Å². The maximum Gasteiger partial charge on any atom is 0.310 e. The summed E-state index contributed by atoms with van der Waals surface area (Å²) in [5, 5.41) is 2.97. The van der Waals surface area contributed by atoms with Gasteiger partial charge in [0, 0.05) is 30.0 Å². The van der Waals surface area contributed by atoms with Crippen molar-refractivity contribution in [3.63, 3.8) is 0 Å². The van der Waals surface area contributed by atoms with Crippen molar-refractivity contribution >= 4 is 35.1 Å². The molecule has 0 atom stereocenters. The summed E-state index contributed by atoms with van der Waals surface area (Å²) in [4.78, 5) is 44.9. The fraction of sp³-hybridized carbons (Fsp3) is 0.444. The third kappa shape index (κ3) is 5.67. The Morgan fingerprint density at radius 3 is 2.56 bits per heavy atom. The molecule has 0 spiro atoms. The first-order valence-corrected chi connectivity index (χ1v) is 12.3.